The highest BCUT2D eigenvalue weighted by molar-refractivity contribution is 7.42. The third kappa shape index (κ3) is 10.2. The highest BCUT2D eigenvalue weighted by atomic mass is 31.2. The predicted molar refractivity (Wildman–Crippen MR) is 192 cm³/mol. The number of unbranched alkanes of at least 4 members (excludes halogenated alkanes) is 1. The van der Waals surface area contributed by atoms with Gasteiger partial charge in [-0.1, -0.05) is 118 Å². The van der Waals surface area contributed by atoms with Crippen LogP contribution in [-0.2, 0) is 15.4 Å². The van der Waals surface area contributed by atoms with E-state index >= 15 is 0 Å². The van der Waals surface area contributed by atoms with Crippen molar-refractivity contribution in [2.75, 3.05) is 6.61 Å². The molecule has 3 aromatic rings. The molecule has 0 amide bonds. The Labute approximate surface area is 275 Å². The molecule has 248 valence electrons. The van der Waals surface area contributed by atoms with Gasteiger partial charge in [0.2, 0.25) is 0 Å². The van der Waals surface area contributed by atoms with Crippen molar-refractivity contribution in [1.29, 1.82) is 0 Å². The fourth-order valence-corrected chi connectivity index (χ4v) is 7.05. The van der Waals surface area contributed by atoms with Gasteiger partial charge in [-0.05, 0) is 95.5 Å². The van der Waals surface area contributed by atoms with Crippen LogP contribution in [0.25, 0.3) is 0 Å². The first-order valence-corrected chi connectivity index (χ1v) is 18.1. The minimum atomic E-state index is -1.67. The third-order valence-electron chi connectivity index (χ3n) is 8.75. The SMILES string of the molecule is CCCCC(CC)COP(Oc1ccccc1)Oc1cc(C)c(C(CCC)c2cc(C(C)(C)C)c(O)cc2C)cc1C(C)(C)C. The summed E-state index contributed by atoms with van der Waals surface area (Å²) in [7, 11) is -1.67. The topological polar surface area (TPSA) is 47.9 Å². The molecular weight excluding hydrogens is 575 g/mol. The molecule has 0 aliphatic heterocycles. The Kier molecular flexibility index (Phi) is 13.4. The van der Waals surface area contributed by atoms with Crippen LogP contribution in [0.3, 0.4) is 0 Å². The van der Waals surface area contributed by atoms with E-state index < -0.39 is 8.60 Å². The second-order valence-electron chi connectivity index (χ2n) is 14.7. The number of aryl methyl sites for hydroxylation is 2. The maximum Gasteiger partial charge on any atom is 0.463 e. The number of hydrogen-bond donors (Lipinski definition) is 1. The highest BCUT2D eigenvalue weighted by Gasteiger charge is 2.29. The molecule has 5 heteroatoms. The summed E-state index contributed by atoms with van der Waals surface area (Å²) in [5.41, 5.74) is 6.70. The maximum absolute atomic E-state index is 10.9. The number of hydrogen-bond acceptors (Lipinski definition) is 4. The zero-order chi connectivity index (χ0) is 33.4. The molecule has 0 heterocycles. The molecule has 0 aliphatic carbocycles. The number of phenolic OH excluding ortho intramolecular Hbond substituents is 1. The Morgan fingerprint density at radius 2 is 1.33 bits per heavy atom. The average molecular weight is 635 g/mol. The van der Waals surface area contributed by atoms with Crippen LogP contribution >= 0.6 is 8.60 Å². The van der Waals surface area contributed by atoms with Crippen LogP contribution in [-0.4, -0.2) is 11.7 Å². The number of benzene rings is 3. The summed E-state index contributed by atoms with van der Waals surface area (Å²) in [5, 5.41) is 10.9. The van der Waals surface area contributed by atoms with Gasteiger partial charge in [0.05, 0.1) is 6.61 Å². The molecule has 0 saturated carbocycles. The summed E-state index contributed by atoms with van der Waals surface area (Å²) in [6, 6.07) is 18.6. The fraction of sp³-hybridized carbons (Fsp3) is 0.550. The lowest BCUT2D eigenvalue weighted by molar-refractivity contribution is 0.207. The number of phenols is 1. The first-order chi connectivity index (χ1) is 21.2. The van der Waals surface area contributed by atoms with Gasteiger partial charge in [-0.25, -0.2) is 0 Å². The molecule has 3 atom stereocenters. The minimum Gasteiger partial charge on any atom is -0.508 e. The van der Waals surface area contributed by atoms with Crippen molar-refractivity contribution in [2.24, 2.45) is 5.92 Å². The number of para-hydroxylation sites is 1. The number of aromatic hydroxyl groups is 1. The summed E-state index contributed by atoms with van der Waals surface area (Å²) in [6.07, 6.45) is 6.67. The van der Waals surface area contributed by atoms with E-state index in [4.69, 9.17) is 13.6 Å². The van der Waals surface area contributed by atoms with Gasteiger partial charge in [0.15, 0.2) is 0 Å². The van der Waals surface area contributed by atoms with Gasteiger partial charge in [-0.15, -0.1) is 0 Å². The van der Waals surface area contributed by atoms with Crippen molar-refractivity contribution in [3.63, 3.8) is 0 Å². The van der Waals surface area contributed by atoms with E-state index in [0.29, 0.717) is 18.3 Å². The molecule has 0 spiro atoms. The molecule has 3 aromatic carbocycles. The molecule has 3 unspecified atom stereocenters. The Hall–Kier alpha value is -2.55. The lowest BCUT2D eigenvalue weighted by atomic mass is 9.76. The molecule has 3 rings (SSSR count). The monoisotopic (exact) mass is 634 g/mol. The molecule has 0 bridgehead atoms. The van der Waals surface area contributed by atoms with Gasteiger partial charge in [0, 0.05) is 11.5 Å². The van der Waals surface area contributed by atoms with Gasteiger partial charge in [-0.2, -0.15) is 0 Å². The quantitative estimate of drug-likeness (QED) is 0.169. The third-order valence-corrected chi connectivity index (χ3v) is 9.82. The van der Waals surface area contributed by atoms with Crippen LogP contribution < -0.4 is 9.05 Å². The van der Waals surface area contributed by atoms with Crippen LogP contribution in [0.5, 0.6) is 17.2 Å². The normalized spacial score (nSPS) is 14.2. The summed E-state index contributed by atoms with van der Waals surface area (Å²) < 4.78 is 19.6. The van der Waals surface area contributed by atoms with Crippen LogP contribution in [0.2, 0.25) is 0 Å². The Bertz CT molecular complexity index is 1350. The Morgan fingerprint density at radius 3 is 1.89 bits per heavy atom. The Morgan fingerprint density at radius 1 is 0.733 bits per heavy atom. The van der Waals surface area contributed by atoms with E-state index in [1.54, 1.807) is 0 Å². The summed E-state index contributed by atoms with van der Waals surface area (Å²) >= 11 is 0. The average Bonchev–Trinajstić information content (AvgIpc) is 2.96. The van der Waals surface area contributed by atoms with E-state index in [1.165, 1.54) is 29.5 Å². The molecule has 0 fully saturated rings. The minimum absolute atomic E-state index is 0.157. The van der Waals surface area contributed by atoms with Crippen molar-refractivity contribution in [2.45, 2.75) is 131 Å². The first kappa shape index (κ1) is 36.9. The lowest BCUT2D eigenvalue weighted by Gasteiger charge is -2.30. The molecule has 0 radical (unpaired) electrons. The smallest absolute Gasteiger partial charge is 0.463 e. The van der Waals surface area contributed by atoms with Gasteiger partial charge in [0.1, 0.15) is 17.2 Å². The standard InChI is InChI=1S/C40H59O4P/c1-12-15-20-30(14-3)27-42-45(43-31-21-17-16-18-22-31)44-38-24-29(5)34(26-36(38)40(9,10)11)32(19-13-2)33-25-35(39(6,7)8)37(41)23-28(33)4/h16-18,21-26,30,32,41H,12-15,19-20,27H2,1-11H3. The largest absolute Gasteiger partial charge is 0.508 e. The first-order valence-electron chi connectivity index (χ1n) is 17.0. The van der Waals surface area contributed by atoms with Gasteiger partial charge < -0.3 is 14.2 Å². The van der Waals surface area contributed by atoms with Crippen LogP contribution in [0.15, 0.2) is 54.6 Å². The van der Waals surface area contributed by atoms with Crippen LogP contribution in [0, 0.1) is 19.8 Å². The van der Waals surface area contributed by atoms with Gasteiger partial charge >= 0.3 is 8.60 Å². The van der Waals surface area contributed by atoms with Crippen LogP contribution in [0.4, 0.5) is 0 Å². The fourth-order valence-electron chi connectivity index (χ4n) is 5.97. The van der Waals surface area contributed by atoms with Crippen LogP contribution in [0.1, 0.15) is 140 Å². The molecular formula is C40H59O4P. The maximum atomic E-state index is 10.9. The highest BCUT2D eigenvalue weighted by Crippen LogP contribution is 2.48. The van der Waals surface area contributed by atoms with E-state index in [9.17, 15) is 5.11 Å². The summed E-state index contributed by atoms with van der Waals surface area (Å²) in [5.74, 6) is 2.62. The van der Waals surface area contributed by atoms with Crippen molar-refractivity contribution < 1.29 is 18.7 Å². The van der Waals surface area contributed by atoms with E-state index in [2.05, 4.69) is 94.4 Å². The molecule has 1 N–H and O–H groups in total. The molecule has 0 aliphatic rings. The second-order valence-corrected chi connectivity index (χ2v) is 15.8. The van der Waals surface area contributed by atoms with E-state index in [1.807, 2.05) is 36.4 Å². The Balaban J connectivity index is 2.08. The predicted octanol–water partition coefficient (Wildman–Crippen LogP) is 12.5. The van der Waals surface area contributed by atoms with Crippen molar-refractivity contribution in [3.05, 3.63) is 88.0 Å². The van der Waals surface area contributed by atoms with Crippen molar-refractivity contribution in [3.8, 4) is 17.2 Å². The molecule has 0 aromatic heterocycles. The summed E-state index contributed by atoms with van der Waals surface area (Å²) in [4.78, 5) is 0. The lowest BCUT2D eigenvalue weighted by Crippen LogP contribution is -2.17. The summed E-state index contributed by atoms with van der Waals surface area (Å²) in [6.45, 7) is 24.9. The van der Waals surface area contributed by atoms with Crippen molar-refractivity contribution in [1.82, 2.24) is 0 Å². The van der Waals surface area contributed by atoms with Crippen molar-refractivity contribution >= 4 is 8.60 Å². The van der Waals surface area contributed by atoms with E-state index in [0.717, 1.165) is 53.9 Å². The second kappa shape index (κ2) is 16.3. The molecule has 0 saturated heterocycles. The molecule has 45 heavy (non-hydrogen) atoms. The zero-order valence-electron chi connectivity index (χ0n) is 29.9. The van der Waals surface area contributed by atoms with Gasteiger partial charge in [0.25, 0.3) is 0 Å². The van der Waals surface area contributed by atoms with E-state index in [-0.39, 0.29) is 16.7 Å². The molecule has 4 nitrogen and oxygen atoms in total. The zero-order valence-corrected chi connectivity index (χ0v) is 30.8. The number of rotatable bonds is 15. The van der Waals surface area contributed by atoms with Gasteiger partial charge in [-0.3, -0.25) is 4.52 Å².